The van der Waals surface area contributed by atoms with Gasteiger partial charge in [-0.15, -0.1) is 0 Å². The second-order valence-electron chi connectivity index (χ2n) is 2.60. The Morgan fingerprint density at radius 1 is 1.47 bits per heavy atom. The summed E-state index contributed by atoms with van der Waals surface area (Å²) in [6, 6.07) is 6.66. The summed E-state index contributed by atoms with van der Waals surface area (Å²) >= 11 is 2.97. The molecule has 0 radical (unpaired) electrons. The third-order valence-corrected chi connectivity index (χ3v) is 3.22. The van der Waals surface area contributed by atoms with Crippen LogP contribution in [0.15, 0.2) is 29.2 Å². The van der Waals surface area contributed by atoms with Gasteiger partial charge in [-0.3, -0.25) is 9.52 Å². The Kier molecular flexibility index (Phi) is 4.77. The van der Waals surface area contributed by atoms with E-state index < -0.39 is 11.0 Å². The number of hydrogen-bond acceptors (Lipinski definition) is 3. The van der Waals surface area contributed by atoms with Gasteiger partial charge >= 0.3 is 0 Å². The molecule has 4 nitrogen and oxygen atoms in total. The Labute approximate surface area is 98.7 Å². The first kappa shape index (κ1) is 12.2. The number of hydrogen-bond donors (Lipinski definition) is 1. The molecule has 0 saturated carbocycles. The summed E-state index contributed by atoms with van der Waals surface area (Å²) in [5, 5.41) is 0.134. The van der Waals surface area contributed by atoms with Gasteiger partial charge in [-0.1, -0.05) is 15.9 Å². The van der Waals surface area contributed by atoms with E-state index >= 15 is 0 Å². The number of ether oxygens (including phenoxy) is 1. The van der Waals surface area contributed by atoms with Crippen LogP contribution in [-0.2, 0) is 15.8 Å². The highest BCUT2D eigenvalue weighted by Gasteiger charge is 2.07. The fourth-order valence-corrected chi connectivity index (χ4v) is 1.99. The van der Waals surface area contributed by atoms with Crippen LogP contribution in [0.3, 0.4) is 0 Å². The number of amides is 1. The standard InChI is InChI=1S/C9H10BrNO3S/c1-14-7-2-4-8(5-3-7)15(13)11-9(12)6-10/h2-5H,6H2,1H3,(H,11,12). The molecule has 1 aromatic rings. The van der Waals surface area contributed by atoms with Gasteiger partial charge in [0.15, 0.2) is 11.0 Å². The minimum atomic E-state index is -1.51. The fraction of sp³-hybridized carbons (Fsp3) is 0.222. The molecule has 1 amide bonds. The molecular weight excluding hydrogens is 282 g/mol. The van der Waals surface area contributed by atoms with Gasteiger partial charge in [0.1, 0.15) is 5.75 Å². The lowest BCUT2D eigenvalue weighted by atomic mass is 10.3. The average Bonchev–Trinajstić information content (AvgIpc) is 2.29. The molecule has 0 bridgehead atoms. The van der Waals surface area contributed by atoms with E-state index in [-0.39, 0.29) is 11.2 Å². The molecule has 1 unspecified atom stereocenters. The van der Waals surface area contributed by atoms with Crippen molar-refractivity contribution < 1.29 is 13.7 Å². The molecule has 15 heavy (non-hydrogen) atoms. The molecule has 1 N–H and O–H groups in total. The van der Waals surface area contributed by atoms with Crippen LogP contribution in [0.5, 0.6) is 5.75 Å². The highest BCUT2D eigenvalue weighted by Crippen LogP contribution is 2.13. The van der Waals surface area contributed by atoms with Gasteiger partial charge in [-0.2, -0.15) is 0 Å². The van der Waals surface area contributed by atoms with Crippen LogP contribution in [-0.4, -0.2) is 22.6 Å². The normalized spacial score (nSPS) is 11.9. The van der Waals surface area contributed by atoms with E-state index in [2.05, 4.69) is 20.7 Å². The number of rotatable bonds is 4. The molecule has 0 fully saturated rings. The quantitative estimate of drug-likeness (QED) is 0.849. The van der Waals surface area contributed by atoms with Crippen LogP contribution < -0.4 is 9.46 Å². The second-order valence-corrected chi connectivity index (χ2v) is 4.38. The Morgan fingerprint density at radius 3 is 2.53 bits per heavy atom. The number of methoxy groups -OCH3 is 1. The Morgan fingerprint density at radius 2 is 2.07 bits per heavy atom. The molecule has 0 heterocycles. The zero-order chi connectivity index (χ0) is 11.3. The molecule has 0 aliphatic carbocycles. The maximum atomic E-state index is 11.5. The highest BCUT2D eigenvalue weighted by atomic mass is 79.9. The molecule has 0 saturated heterocycles. The molecular formula is C9H10BrNO3S. The number of halogens is 1. The predicted molar refractivity (Wildman–Crippen MR) is 61.3 cm³/mol. The van der Waals surface area contributed by atoms with E-state index in [0.29, 0.717) is 10.6 Å². The van der Waals surface area contributed by atoms with E-state index in [0.717, 1.165) is 0 Å². The first-order chi connectivity index (χ1) is 7.17. The lowest BCUT2D eigenvalue weighted by Crippen LogP contribution is -2.26. The molecule has 0 aliphatic rings. The predicted octanol–water partition coefficient (Wildman–Crippen LogP) is 1.23. The molecule has 1 rings (SSSR count). The summed E-state index contributed by atoms with van der Waals surface area (Å²) in [6.45, 7) is 0. The monoisotopic (exact) mass is 291 g/mol. The number of carbonyl (C=O) groups excluding carboxylic acids is 1. The van der Waals surface area contributed by atoms with Crippen LogP contribution in [0.2, 0.25) is 0 Å². The lowest BCUT2D eigenvalue weighted by Gasteiger charge is -2.04. The molecule has 0 aliphatic heterocycles. The maximum Gasteiger partial charge on any atom is 0.242 e. The summed E-state index contributed by atoms with van der Waals surface area (Å²) in [5.41, 5.74) is 0. The summed E-state index contributed by atoms with van der Waals surface area (Å²) in [7, 11) is 0.0454. The largest absolute Gasteiger partial charge is 0.497 e. The van der Waals surface area contributed by atoms with Gasteiger partial charge in [0.2, 0.25) is 5.91 Å². The Bertz CT molecular complexity index is 366. The first-order valence-corrected chi connectivity index (χ1v) is 6.35. The number of alkyl halides is 1. The van der Waals surface area contributed by atoms with Crippen molar-refractivity contribution in [1.29, 1.82) is 0 Å². The number of nitrogens with one attached hydrogen (secondary N) is 1. The van der Waals surface area contributed by atoms with Gasteiger partial charge in [-0.25, -0.2) is 4.21 Å². The van der Waals surface area contributed by atoms with E-state index in [1.54, 1.807) is 31.4 Å². The van der Waals surface area contributed by atoms with Crippen LogP contribution in [0.25, 0.3) is 0 Å². The third kappa shape index (κ3) is 3.64. The van der Waals surface area contributed by atoms with Crippen molar-refractivity contribution in [2.24, 2.45) is 0 Å². The molecule has 1 atom stereocenters. The topological polar surface area (TPSA) is 55.4 Å². The summed E-state index contributed by atoms with van der Waals surface area (Å²) in [6.07, 6.45) is 0. The van der Waals surface area contributed by atoms with Gasteiger partial charge in [0.05, 0.1) is 17.3 Å². The Balaban J connectivity index is 2.70. The van der Waals surface area contributed by atoms with Crippen LogP contribution >= 0.6 is 15.9 Å². The number of carbonyl (C=O) groups is 1. The van der Waals surface area contributed by atoms with Crippen molar-refractivity contribution in [3.05, 3.63) is 24.3 Å². The van der Waals surface area contributed by atoms with Gasteiger partial charge in [-0.05, 0) is 24.3 Å². The van der Waals surface area contributed by atoms with Crippen molar-refractivity contribution in [3.8, 4) is 5.75 Å². The van der Waals surface area contributed by atoms with Gasteiger partial charge in [0.25, 0.3) is 0 Å². The lowest BCUT2D eigenvalue weighted by molar-refractivity contribution is -0.116. The zero-order valence-corrected chi connectivity index (χ0v) is 10.4. The first-order valence-electron chi connectivity index (χ1n) is 4.08. The van der Waals surface area contributed by atoms with Gasteiger partial charge in [0, 0.05) is 0 Å². The number of benzene rings is 1. The average molecular weight is 292 g/mol. The minimum absolute atomic E-state index is 0.134. The Hall–Kier alpha value is -0.880. The summed E-state index contributed by atoms with van der Waals surface area (Å²) in [4.78, 5) is 11.5. The smallest absolute Gasteiger partial charge is 0.242 e. The van der Waals surface area contributed by atoms with E-state index in [4.69, 9.17) is 4.74 Å². The van der Waals surface area contributed by atoms with Crippen molar-refractivity contribution in [2.75, 3.05) is 12.4 Å². The van der Waals surface area contributed by atoms with E-state index in [1.165, 1.54) is 0 Å². The minimum Gasteiger partial charge on any atom is -0.497 e. The highest BCUT2D eigenvalue weighted by molar-refractivity contribution is 9.09. The van der Waals surface area contributed by atoms with Crippen molar-refractivity contribution in [3.63, 3.8) is 0 Å². The maximum absolute atomic E-state index is 11.5. The fourth-order valence-electron chi connectivity index (χ4n) is 0.889. The summed E-state index contributed by atoms with van der Waals surface area (Å²) < 4.78 is 18.8. The van der Waals surface area contributed by atoms with Crippen LogP contribution in [0.1, 0.15) is 0 Å². The van der Waals surface area contributed by atoms with Crippen LogP contribution in [0.4, 0.5) is 0 Å². The van der Waals surface area contributed by atoms with E-state index in [1.807, 2.05) is 0 Å². The molecule has 1 aromatic carbocycles. The molecule has 6 heteroatoms. The molecule has 0 spiro atoms. The van der Waals surface area contributed by atoms with Gasteiger partial charge < -0.3 is 4.74 Å². The summed E-state index contributed by atoms with van der Waals surface area (Å²) in [5.74, 6) is 0.367. The third-order valence-electron chi connectivity index (χ3n) is 1.60. The molecule has 0 aromatic heterocycles. The molecule has 82 valence electrons. The van der Waals surface area contributed by atoms with Crippen molar-refractivity contribution in [1.82, 2.24) is 4.72 Å². The van der Waals surface area contributed by atoms with Crippen molar-refractivity contribution >= 4 is 32.8 Å². The van der Waals surface area contributed by atoms with Crippen molar-refractivity contribution in [2.45, 2.75) is 4.90 Å². The SMILES string of the molecule is COc1ccc(S(=O)NC(=O)CBr)cc1. The van der Waals surface area contributed by atoms with Crippen LogP contribution in [0, 0.1) is 0 Å². The second kappa shape index (κ2) is 5.87. The zero-order valence-electron chi connectivity index (χ0n) is 8.03. The van der Waals surface area contributed by atoms with E-state index in [9.17, 15) is 9.00 Å².